The van der Waals surface area contributed by atoms with Crippen LogP contribution in [0.1, 0.15) is 11.1 Å². The van der Waals surface area contributed by atoms with E-state index in [4.69, 9.17) is 14.2 Å². The highest BCUT2D eigenvalue weighted by Gasteiger charge is 2.21. The Labute approximate surface area is 137 Å². The van der Waals surface area contributed by atoms with E-state index < -0.39 is 4.92 Å². The fourth-order valence-electron chi connectivity index (χ4n) is 2.33. The van der Waals surface area contributed by atoms with Crippen LogP contribution >= 0.6 is 11.8 Å². The van der Waals surface area contributed by atoms with Crippen molar-refractivity contribution in [3.63, 3.8) is 0 Å². The molecule has 120 valence electrons. The molecule has 1 heterocycles. The predicted octanol–water partition coefficient (Wildman–Crippen LogP) is 3.76. The molecule has 0 atom stereocenters. The maximum atomic E-state index is 11.1. The van der Waals surface area contributed by atoms with Crippen LogP contribution in [0.25, 0.3) is 0 Å². The minimum absolute atomic E-state index is 0.00850. The second-order valence-electron chi connectivity index (χ2n) is 4.93. The number of ether oxygens (including phenoxy) is 3. The van der Waals surface area contributed by atoms with Gasteiger partial charge in [-0.3, -0.25) is 10.1 Å². The Morgan fingerprint density at radius 2 is 2.09 bits per heavy atom. The van der Waals surface area contributed by atoms with Crippen LogP contribution in [-0.4, -0.2) is 18.0 Å². The first-order valence-electron chi connectivity index (χ1n) is 6.95. The van der Waals surface area contributed by atoms with E-state index in [1.54, 1.807) is 11.8 Å². The molecule has 0 fully saturated rings. The molecule has 0 radical (unpaired) electrons. The zero-order valence-corrected chi connectivity index (χ0v) is 13.3. The average Bonchev–Trinajstić information content (AvgIpc) is 2.59. The van der Waals surface area contributed by atoms with Crippen LogP contribution in [0, 0.1) is 10.1 Å². The summed E-state index contributed by atoms with van der Waals surface area (Å²) < 4.78 is 16.4. The van der Waals surface area contributed by atoms with Gasteiger partial charge in [-0.25, -0.2) is 0 Å². The van der Waals surface area contributed by atoms with Crippen LogP contribution in [-0.2, 0) is 18.0 Å². The summed E-state index contributed by atoms with van der Waals surface area (Å²) >= 11 is 1.65. The van der Waals surface area contributed by atoms with Gasteiger partial charge in [-0.2, -0.15) is 0 Å². The van der Waals surface area contributed by atoms with Gasteiger partial charge in [-0.1, -0.05) is 0 Å². The van der Waals surface area contributed by atoms with Gasteiger partial charge in [-0.15, -0.1) is 11.8 Å². The number of fused-ring (bicyclic) bond motifs is 1. The number of nitro groups is 1. The third-order valence-electron chi connectivity index (χ3n) is 3.44. The molecule has 6 nitrogen and oxygen atoms in total. The van der Waals surface area contributed by atoms with Crippen molar-refractivity contribution in [1.29, 1.82) is 0 Å². The van der Waals surface area contributed by atoms with Gasteiger partial charge in [0, 0.05) is 28.2 Å². The molecule has 0 saturated heterocycles. The number of hydrogen-bond donors (Lipinski definition) is 0. The molecule has 0 bridgehead atoms. The summed E-state index contributed by atoms with van der Waals surface area (Å²) in [7, 11) is 0. The van der Waals surface area contributed by atoms with Crippen molar-refractivity contribution in [2.24, 2.45) is 0 Å². The van der Waals surface area contributed by atoms with Gasteiger partial charge in [0.05, 0.1) is 11.5 Å². The van der Waals surface area contributed by atoms with E-state index in [1.165, 1.54) is 12.1 Å². The van der Waals surface area contributed by atoms with Gasteiger partial charge in [0.1, 0.15) is 18.1 Å². The van der Waals surface area contributed by atoms with Gasteiger partial charge < -0.3 is 14.2 Å². The van der Waals surface area contributed by atoms with E-state index in [2.05, 4.69) is 0 Å². The molecule has 0 unspecified atom stereocenters. The highest BCUT2D eigenvalue weighted by Crippen LogP contribution is 2.33. The zero-order valence-electron chi connectivity index (χ0n) is 12.5. The maximum absolute atomic E-state index is 11.1. The summed E-state index contributed by atoms with van der Waals surface area (Å²) in [4.78, 5) is 11.8. The van der Waals surface area contributed by atoms with Crippen LogP contribution in [0.2, 0.25) is 0 Å². The first-order chi connectivity index (χ1) is 11.2. The molecule has 1 aliphatic heterocycles. The van der Waals surface area contributed by atoms with Crippen molar-refractivity contribution in [3.8, 4) is 11.5 Å². The summed E-state index contributed by atoms with van der Waals surface area (Å²) in [5, 5.41) is 11.1. The largest absolute Gasteiger partial charge is 0.489 e. The van der Waals surface area contributed by atoms with Crippen molar-refractivity contribution in [3.05, 3.63) is 57.6 Å². The molecule has 0 saturated carbocycles. The van der Waals surface area contributed by atoms with Crippen molar-refractivity contribution in [2.75, 3.05) is 13.0 Å². The van der Waals surface area contributed by atoms with Crippen molar-refractivity contribution in [2.45, 2.75) is 18.1 Å². The molecule has 1 aliphatic rings. The Hall–Kier alpha value is -2.25. The van der Waals surface area contributed by atoms with Gasteiger partial charge in [-0.05, 0) is 30.5 Å². The van der Waals surface area contributed by atoms with Crippen molar-refractivity contribution < 1.29 is 19.1 Å². The number of rotatable bonds is 5. The number of thioether (sulfide) groups is 1. The minimum atomic E-state index is -0.425. The van der Waals surface area contributed by atoms with Gasteiger partial charge >= 0.3 is 0 Å². The third-order valence-corrected chi connectivity index (χ3v) is 4.18. The van der Waals surface area contributed by atoms with Gasteiger partial charge in [0.25, 0.3) is 5.69 Å². The lowest BCUT2D eigenvalue weighted by Gasteiger charge is -2.20. The van der Waals surface area contributed by atoms with Crippen LogP contribution in [0.15, 0.2) is 41.3 Å². The summed E-state index contributed by atoms with van der Waals surface area (Å²) in [6.45, 7) is 0.634. The SMILES string of the molecule is CSc1ccc(OCc2cc([N+](=O)[O-])cc3c2OCOC3)cc1. The molecule has 7 heteroatoms. The number of benzene rings is 2. The number of hydrogen-bond acceptors (Lipinski definition) is 6. The minimum Gasteiger partial charge on any atom is -0.489 e. The molecule has 23 heavy (non-hydrogen) atoms. The zero-order chi connectivity index (χ0) is 16.2. The molecule has 2 aromatic rings. The maximum Gasteiger partial charge on any atom is 0.270 e. The molecule has 2 aromatic carbocycles. The summed E-state index contributed by atoms with van der Waals surface area (Å²) in [6, 6.07) is 10.6. The number of nitrogens with zero attached hydrogens (tertiary/aromatic N) is 1. The summed E-state index contributed by atoms with van der Waals surface area (Å²) in [5.41, 5.74) is 1.32. The van der Waals surface area contributed by atoms with Crippen molar-refractivity contribution in [1.82, 2.24) is 0 Å². The lowest BCUT2D eigenvalue weighted by molar-refractivity contribution is -0.385. The normalized spacial score (nSPS) is 13.1. The molecule has 3 rings (SSSR count). The molecule has 0 aliphatic carbocycles. The monoisotopic (exact) mass is 333 g/mol. The van der Waals surface area contributed by atoms with E-state index in [-0.39, 0.29) is 19.1 Å². The quantitative estimate of drug-likeness (QED) is 0.471. The Kier molecular flexibility index (Phi) is 4.68. The standard InChI is InChI=1S/C16H15NO5S/c1-23-15-4-2-14(3-5-15)21-9-12-7-13(17(18)19)6-11-8-20-10-22-16(11)12/h2-7H,8-10H2,1H3. The van der Waals surface area contributed by atoms with Crippen LogP contribution in [0.5, 0.6) is 11.5 Å². The van der Waals surface area contributed by atoms with E-state index in [0.717, 1.165) is 4.90 Å². The number of non-ortho nitro benzene ring substituents is 1. The average molecular weight is 333 g/mol. The van der Waals surface area contributed by atoms with Gasteiger partial charge in [0.15, 0.2) is 6.79 Å². The Balaban J connectivity index is 1.83. The van der Waals surface area contributed by atoms with E-state index in [1.807, 2.05) is 30.5 Å². The fraction of sp³-hybridized carbons (Fsp3) is 0.250. The smallest absolute Gasteiger partial charge is 0.270 e. The predicted molar refractivity (Wildman–Crippen MR) is 85.9 cm³/mol. The lowest BCUT2D eigenvalue weighted by atomic mass is 10.1. The topological polar surface area (TPSA) is 70.8 Å². The molecular weight excluding hydrogens is 318 g/mol. The Morgan fingerprint density at radius 3 is 2.78 bits per heavy atom. The highest BCUT2D eigenvalue weighted by atomic mass is 32.2. The summed E-state index contributed by atoms with van der Waals surface area (Å²) in [5.74, 6) is 1.32. The summed E-state index contributed by atoms with van der Waals surface area (Å²) in [6.07, 6.45) is 2.00. The fourth-order valence-corrected chi connectivity index (χ4v) is 2.73. The van der Waals surface area contributed by atoms with Crippen LogP contribution in [0.4, 0.5) is 5.69 Å². The third kappa shape index (κ3) is 3.57. The lowest BCUT2D eigenvalue weighted by Crippen LogP contribution is -2.14. The van der Waals surface area contributed by atoms with Crippen LogP contribution < -0.4 is 9.47 Å². The number of nitro benzene ring substituents is 1. The highest BCUT2D eigenvalue weighted by molar-refractivity contribution is 7.98. The second-order valence-corrected chi connectivity index (χ2v) is 5.80. The Bertz CT molecular complexity index is 717. The molecule has 0 spiro atoms. The van der Waals surface area contributed by atoms with E-state index in [9.17, 15) is 10.1 Å². The van der Waals surface area contributed by atoms with E-state index in [0.29, 0.717) is 29.2 Å². The Morgan fingerprint density at radius 1 is 1.30 bits per heavy atom. The molecule has 0 N–H and O–H groups in total. The molecule has 0 amide bonds. The molecular formula is C16H15NO5S. The van der Waals surface area contributed by atoms with E-state index >= 15 is 0 Å². The van der Waals surface area contributed by atoms with Crippen molar-refractivity contribution >= 4 is 17.4 Å². The van der Waals surface area contributed by atoms with Crippen LogP contribution in [0.3, 0.4) is 0 Å². The second kappa shape index (κ2) is 6.89. The molecule has 0 aromatic heterocycles. The first-order valence-corrected chi connectivity index (χ1v) is 8.17. The first kappa shape index (κ1) is 15.6. The van der Waals surface area contributed by atoms with Gasteiger partial charge in [0.2, 0.25) is 0 Å².